The van der Waals surface area contributed by atoms with E-state index in [0.717, 1.165) is 11.1 Å². The van der Waals surface area contributed by atoms with Crippen molar-refractivity contribution in [2.24, 2.45) is 0 Å². The first-order chi connectivity index (χ1) is 12.5. The lowest BCUT2D eigenvalue weighted by atomic mass is 9.92. The first-order valence-electron chi connectivity index (χ1n) is 7.87. The first kappa shape index (κ1) is 16.7. The van der Waals surface area contributed by atoms with Crippen LogP contribution in [0, 0.1) is 59.2 Å². The van der Waals surface area contributed by atoms with Crippen LogP contribution < -0.4 is 10.4 Å². The number of aryl methyl sites for hydroxylation is 2. The lowest BCUT2D eigenvalue weighted by Crippen LogP contribution is -2.18. The fourth-order valence-electron chi connectivity index (χ4n) is 3.27. The number of hydrogen-bond acceptors (Lipinski definition) is 4. The molecule has 0 aliphatic heterocycles. The Kier molecular flexibility index (Phi) is 4.12. The van der Waals surface area contributed by atoms with E-state index in [0.29, 0.717) is 32.0 Å². The average molecular weight is 332 g/mol. The second-order valence-corrected chi connectivity index (χ2v) is 6.05. The minimum atomic E-state index is 0.0106. The SMILES string of the molecule is Cc1ccc2c(=C(C#N)C#N)c3cc(C)ccc3c(=C(C#N)C#N)c2c1. The first-order valence-corrected chi connectivity index (χ1v) is 7.87. The summed E-state index contributed by atoms with van der Waals surface area (Å²) >= 11 is 0. The molecular formula is C22H12N4. The van der Waals surface area contributed by atoms with Gasteiger partial charge in [-0.05, 0) is 35.4 Å². The van der Waals surface area contributed by atoms with Gasteiger partial charge in [0.05, 0.1) is 0 Å². The molecule has 0 atom stereocenters. The van der Waals surface area contributed by atoms with Crippen molar-refractivity contribution >= 4 is 32.7 Å². The van der Waals surface area contributed by atoms with Crippen LogP contribution >= 0.6 is 0 Å². The summed E-state index contributed by atoms with van der Waals surface area (Å²) in [5.41, 5.74) is 1.94. The van der Waals surface area contributed by atoms with Gasteiger partial charge in [0.1, 0.15) is 35.4 Å². The van der Waals surface area contributed by atoms with E-state index < -0.39 is 0 Å². The summed E-state index contributed by atoms with van der Waals surface area (Å²) in [4.78, 5) is 0. The molecule has 0 aromatic heterocycles. The van der Waals surface area contributed by atoms with Crippen LogP contribution in [0.25, 0.3) is 32.7 Å². The molecule has 4 heteroatoms. The molecule has 3 rings (SSSR count). The highest BCUT2D eigenvalue weighted by atomic mass is 14.3. The van der Waals surface area contributed by atoms with E-state index in [4.69, 9.17) is 0 Å². The Hall–Kier alpha value is -4.12. The minimum absolute atomic E-state index is 0.0106. The van der Waals surface area contributed by atoms with Crippen molar-refractivity contribution in [3.63, 3.8) is 0 Å². The molecule has 0 saturated carbocycles. The topological polar surface area (TPSA) is 95.2 Å². The maximum Gasteiger partial charge on any atom is 0.138 e. The summed E-state index contributed by atoms with van der Waals surface area (Å²) < 4.78 is 0. The van der Waals surface area contributed by atoms with Crippen LogP contribution in [0.4, 0.5) is 0 Å². The minimum Gasteiger partial charge on any atom is -0.192 e. The van der Waals surface area contributed by atoms with Crippen LogP contribution in [0.3, 0.4) is 0 Å². The van der Waals surface area contributed by atoms with Gasteiger partial charge in [0, 0.05) is 10.4 Å². The predicted molar refractivity (Wildman–Crippen MR) is 99.4 cm³/mol. The number of benzene rings is 3. The van der Waals surface area contributed by atoms with Crippen molar-refractivity contribution in [3.05, 3.63) is 58.0 Å². The fraction of sp³-hybridized carbons (Fsp3) is 0.0909. The number of nitrogens with zero attached hydrogens (tertiary/aromatic N) is 4. The molecule has 0 fully saturated rings. The molecule has 0 aliphatic rings. The molecule has 26 heavy (non-hydrogen) atoms. The average Bonchev–Trinajstić information content (AvgIpc) is 2.64. The van der Waals surface area contributed by atoms with Crippen LogP contribution in [0.5, 0.6) is 0 Å². The van der Waals surface area contributed by atoms with Gasteiger partial charge >= 0.3 is 0 Å². The van der Waals surface area contributed by atoms with E-state index in [9.17, 15) is 21.0 Å². The molecule has 3 aromatic carbocycles. The van der Waals surface area contributed by atoms with Gasteiger partial charge in [-0.2, -0.15) is 21.0 Å². The molecule has 0 aliphatic carbocycles. The van der Waals surface area contributed by atoms with Gasteiger partial charge in [-0.25, -0.2) is 0 Å². The van der Waals surface area contributed by atoms with Crippen LogP contribution in [0.15, 0.2) is 36.4 Å². The molecule has 0 amide bonds. The number of rotatable bonds is 0. The van der Waals surface area contributed by atoms with E-state index in [1.165, 1.54) is 0 Å². The van der Waals surface area contributed by atoms with Crippen molar-refractivity contribution in [1.82, 2.24) is 0 Å². The highest BCUT2D eigenvalue weighted by Gasteiger charge is 2.13. The van der Waals surface area contributed by atoms with E-state index in [-0.39, 0.29) is 11.1 Å². The smallest absolute Gasteiger partial charge is 0.138 e. The maximum absolute atomic E-state index is 9.47. The van der Waals surface area contributed by atoms with Crippen LogP contribution in [0.2, 0.25) is 0 Å². The van der Waals surface area contributed by atoms with Crippen molar-refractivity contribution in [1.29, 1.82) is 21.0 Å². The Morgan fingerprint density at radius 1 is 0.577 bits per heavy atom. The zero-order valence-electron chi connectivity index (χ0n) is 14.3. The third-order valence-electron chi connectivity index (χ3n) is 4.37. The second kappa shape index (κ2) is 6.41. The Morgan fingerprint density at radius 3 is 1.23 bits per heavy atom. The molecule has 120 valence electrons. The van der Waals surface area contributed by atoms with Crippen molar-refractivity contribution < 1.29 is 0 Å². The van der Waals surface area contributed by atoms with Gasteiger partial charge in [0.2, 0.25) is 0 Å². The summed E-state index contributed by atoms with van der Waals surface area (Å²) in [6.45, 7) is 3.83. The lowest BCUT2D eigenvalue weighted by molar-refractivity contribution is 1.46. The molecule has 0 radical (unpaired) electrons. The summed E-state index contributed by atoms with van der Waals surface area (Å²) in [5, 5.41) is 41.7. The third kappa shape index (κ3) is 2.44. The number of hydrogen-bond donors (Lipinski definition) is 0. The molecule has 4 nitrogen and oxygen atoms in total. The monoisotopic (exact) mass is 332 g/mol. The predicted octanol–water partition coefficient (Wildman–Crippen LogP) is 3.01. The van der Waals surface area contributed by atoms with Crippen molar-refractivity contribution in [2.75, 3.05) is 0 Å². The summed E-state index contributed by atoms with van der Waals surface area (Å²) in [6.07, 6.45) is 0. The summed E-state index contributed by atoms with van der Waals surface area (Å²) in [5.74, 6) is 0. The fourth-order valence-corrected chi connectivity index (χ4v) is 3.27. The second-order valence-electron chi connectivity index (χ2n) is 6.05. The largest absolute Gasteiger partial charge is 0.192 e. The molecule has 3 aromatic rings. The summed E-state index contributed by atoms with van der Waals surface area (Å²) in [6, 6.07) is 19.2. The van der Waals surface area contributed by atoms with Gasteiger partial charge in [-0.1, -0.05) is 47.5 Å². The normalized spacial score (nSPS) is 9.77. The summed E-state index contributed by atoms with van der Waals surface area (Å²) in [7, 11) is 0. The van der Waals surface area contributed by atoms with Crippen molar-refractivity contribution in [2.45, 2.75) is 13.8 Å². The quantitative estimate of drug-likeness (QED) is 0.591. The Morgan fingerprint density at radius 2 is 0.923 bits per heavy atom. The highest BCUT2D eigenvalue weighted by molar-refractivity contribution is 6.06. The molecular weight excluding hydrogens is 320 g/mol. The maximum atomic E-state index is 9.47. The van der Waals surface area contributed by atoms with Gasteiger partial charge in [-0.15, -0.1) is 0 Å². The Balaban J connectivity index is 2.97. The van der Waals surface area contributed by atoms with Crippen LogP contribution in [-0.2, 0) is 0 Å². The Labute approximate surface area is 150 Å². The van der Waals surface area contributed by atoms with Gasteiger partial charge < -0.3 is 0 Å². The standard InChI is InChI=1S/C22H12N4/c1-13-3-5-17-19(7-13)21(15(9-23)10-24)18-6-4-14(2)8-20(18)22(17)16(11-25)12-26/h3-8H,1-2H3. The number of nitriles is 4. The zero-order valence-corrected chi connectivity index (χ0v) is 14.3. The lowest BCUT2D eigenvalue weighted by Gasteiger charge is -2.09. The Bertz CT molecular complexity index is 1240. The molecule has 0 unspecified atom stereocenters. The number of fused-ring (bicyclic) bond motifs is 2. The van der Waals surface area contributed by atoms with Gasteiger partial charge in [0.25, 0.3) is 0 Å². The van der Waals surface area contributed by atoms with E-state index in [1.54, 1.807) is 0 Å². The molecule has 0 bridgehead atoms. The van der Waals surface area contributed by atoms with E-state index >= 15 is 0 Å². The van der Waals surface area contributed by atoms with Crippen molar-refractivity contribution in [3.8, 4) is 24.3 Å². The van der Waals surface area contributed by atoms with Gasteiger partial charge in [0.15, 0.2) is 0 Å². The highest BCUT2D eigenvalue weighted by Crippen LogP contribution is 2.19. The van der Waals surface area contributed by atoms with Crippen LogP contribution in [-0.4, -0.2) is 0 Å². The van der Waals surface area contributed by atoms with E-state index in [2.05, 4.69) is 0 Å². The molecule has 0 heterocycles. The van der Waals surface area contributed by atoms with Gasteiger partial charge in [-0.3, -0.25) is 0 Å². The molecule has 0 spiro atoms. The van der Waals surface area contributed by atoms with Crippen LogP contribution in [0.1, 0.15) is 11.1 Å². The molecule has 0 N–H and O–H groups in total. The zero-order chi connectivity index (χ0) is 18.8. The molecule has 0 saturated heterocycles. The third-order valence-corrected chi connectivity index (χ3v) is 4.37. The van der Waals surface area contributed by atoms with E-state index in [1.807, 2.05) is 74.5 Å².